The molecular weight excluding hydrogens is 333 g/mol. The summed E-state index contributed by atoms with van der Waals surface area (Å²) in [4.78, 5) is 37.5. The topological polar surface area (TPSA) is 88.1 Å². The molecule has 2 heterocycles. The molecule has 2 amide bonds. The number of nitrogens with one attached hydrogen (secondary N) is 1. The maximum atomic E-state index is 12.6. The molecule has 3 rings (SSSR count). The van der Waals surface area contributed by atoms with Crippen molar-refractivity contribution >= 4 is 52.4 Å². The highest BCUT2D eigenvalue weighted by atomic mass is 35.5. The molecule has 0 aromatic heterocycles. The van der Waals surface area contributed by atoms with Crippen LogP contribution in [0.25, 0.3) is 0 Å². The summed E-state index contributed by atoms with van der Waals surface area (Å²) < 4.78 is 4.57. The molecule has 0 saturated carbocycles. The zero-order chi connectivity index (χ0) is 16.0. The van der Waals surface area contributed by atoms with Gasteiger partial charge in [0.1, 0.15) is 12.0 Å². The third-order valence-electron chi connectivity index (χ3n) is 3.47. The normalized spacial score (nSPS) is 23.2. The number of imide groups is 1. The summed E-state index contributed by atoms with van der Waals surface area (Å²) >= 11 is 11.9. The van der Waals surface area contributed by atoms with Crippen molar-refractivity contribution in [2.24, 2.45) is 11.0 Å². The van der Waals surface area contributed by atoms with E-state index in [1.807, 2.05) is 0 Å². The largest absolute Gasteiger partial charge is 0.464 e. The van der Waals surface area contributed by atoms with Crippen molar-refractivity contribution in [3.8, 4) is 0 Å². The van der Waals surface area contributed by atoms with Crippen LogP contribution in [0.4, 0.5) is 5.69 Å². The Kier molecular flexibility index (Phi) is 3.54. The number of hydrazone groups is 1. The summed E-state index contributed by atoms with van der Waals surface area (Å²) in [5.41, 5.74) is 2.58. The van der Waals surface area contributed by atoms with E-state index in [4.69, 9.17) is 23.2 Å². The molecule has 0 bridgehead atoms. The Morgan fingerprint density at radius 2 is 2.05 bits per heavy atom. The van der Waals surface area contributed by atoms with E-state index in [1.54, 1.807) is 0 Å². The number of carbonyl (C=O) groups is 3. The standard InChI is InChI=1S/C13H9Cl2N3O4/c1-22-13(21)10-8-9(16-17-10)12(20)18(11(8)19)7-3-2-5(14)4-6(7)15/h2-4,8-9,16H,1H3/t8-,9-/m0/s1. The van der Waals surface area contributed by atoms with Gasteiger partial charge in [-0.25, -0.2) is 9.69 Å². The first kappa shape index (κ1) is 14.8. The summed E-state index contributed by atoms with van der Waals surface area (Å²) in [6.07, 6.45) is 0. The van der Waals surface area contributed by atoms with Gasteiger partial charge in [0.05, 0.1) is 17.8 Å². The fourth-order valence-corrected chi connectivity index (χ4v) is 2.96. The van der Waals surface area contributed by atoms with Crippen LogP contribution in [0.5, 0.6) is 0 Å². The molecule has 0 unspecified atom stereocenters. The summed E-state index contributed by atoms with van der Waals surface area (Å²) in [5.74, 6) is -2.91. The third-order valence-corrected chi connectivity index (χ3v) is 4.01. The second-order valence-electron chi connectivity index (χ2n) is 4.68. The van der Waals surface area contributed by atoms with Crippen LogP contribution in [0.2, 0.25) is 10.0 Å². The van der Waals surface area contributed by atoms with Crippen molar-refractivity contribution in [3.63, 3.8) is 0 Å². The first-order valence-corrected chi connectivity index (χ1v) is 6.95. The molecule has 0 radical (unpaired) electrons. The summed E-state index contributed by atoms with van der Waals surface area (Å²) in [5, 5.41) is 4.26. The highest BCUT2D eigenvalue weighted by Gasteiger charge is 2.56. The highest BCUT2D eigenvalue weighted by Crippen LogP contribution is 2.35. The Labute approximate surface area is 134 Å². The van der Waals surface area contributed by atoms with Gasteiger partial charge in [-0.1, -0.05) is 23.2 Å². The zero-order valence-electron chi connectivity index (χ0n) is 11.2. The van der Waals surface area contributed by atoms with Gasteiger partial charge in [-0.2, -0.15) is 5.10 Å². The molecule has 2 aliphatic heterocycles. The highest BCUT2D eigenvalue weighted by molar-refractivity contribution is 6.47. The van der Waals surface area contributed by atoms with Crippen LogP contribution < -0.4 is 10.3 Å². The van der Waals surface area contributed by atoms with E-state index >= 15 is 0 Å². The second-order valence-corrected chi connectivity index (χ2v) is 5.52. The summed E-state index contributed by atoms with van der Waals surface area (Å²) in [7, 11) is 1.17. The number of hydrogen-bond donors (Lipinski definition) is 1. The number of ether oxygens (including phenoxy) is 1. The van der Waals surface area contributed by atoms with Crippen LogP contribution in [0.15, 0.2) is 23.3 Å². The molecule has 1 aromatic carbocycles. The minimum Gasteiger partial charge on any atom is -0.464 e. The van der Waals surface area contributed by atoms with Gasteiger partial charge in [-0.3, -0.25) is 15.0 Å². The number of methoxy groups -OCH3 is 1. The van der Waals surface area contributed by atoms with E-state index in [1.165, 1.54) is 25.3 Å². The van der Waals surface area contributed by atoms with Crippen molar-refractivity contribution in [2.45, 2.75) is 6.04 Å². The minimum atomic E-state index is -1.02. The van der Waals surface area contributed by atoms with Crippen molar-refractivity contribution in [1.82, 2.24) is 5.43 Å². The molecule has 1 saturated heterocycles. The molecule has 1 fully saturated rings. The predicted molar refractivity (Wildman–Crippen MR) is 78.8 cm³/mol. The second kappa shape index (κ2) is 5.26. The molecule has 0 aliphatic carbocycles. The van der Waals surface area contributed by atoms with Crippen molar-refractivity contribution in [3.05, 3.63) is 28.2 Å². The molecular formula is C13H9Cl2N3O4. The number of halogens is 2. The first-order chi connectivity index (χ1) is 10.5. The fraction of sp³-hybridized carbons (Fsp3) is 0.231. The maximum absolute atomic E-state index is 12.6. The Balaban J connectivity index is 2.00. The van der Waals surface area contributed by atoms with E-state index in [2.05, 4.69) is 15.3 Å². The van der Waals surface area contributed by atoms with Crippen LogP contribution >= 0.6 is 23.2 Å². The van der Waals surface area contributed by atoms with Crippen molar-refractivity contribution < 1.29 is 19.1 Å². The third kappa shape index (κ3) is 2.05. The molecule has 7 nitrogen and oxygen atoms in total. The van der Waals surface area contributed by atoms with Gasteiger partial charge in [0.25, 0.3) is 5.91 Å². The number of esters is 1. The van der Waals surface area contributed by atoms with Gasteiger partial charge in [0.2, 0.25) is 5.91 Å². The molecule has 2 atom stereocenters. The lowest BCUT2D eigenvalue weighted by Crippen LogP contribution is -2.36. The van der Waals surface area contributed by atoms with E-state index in [9.17, 15) is 14.4 Å². The van der Waals surface area contributed by atoms with Crippen LogP contribution in [-0.4, -0.2) is 36.6 Å². The predicted octanol–water partition coefficient (Wildman–Crippen LogP) is 0.984. The van der Waals surface area contributed by atoms with Gasteiger partial charge in [-0.05, 0) is 18.2 Å². The number of fused-ring (bicyclic) bond motifs is 1. The number of rotatable bonds is 2. The van der Waals surface area contributed by atoms with Crippen molar-refractivity contribution in [2.75, 3.05) is 12.0 Å². The number of benzene rings is 1. The molecule has 2 aliphatic rings. The number of amides is 2. The summed E-state index contributed by atoms with van der Waals surface area (Å²) in [6.45, 7) is 0. The SMILES string of the molecule is COC(=O)C1=NN[C@@H]2C(=O)N(c3ccc(Cl)cc3Cl)C(=O)[C@H]12. The minimum absolute atomic E-state index is 0.126. The summed E-state index contributed by atoms with van der Waals surface area (Å²) in [6, 6.07) is 3.47. The number of nitrogens with zero attached hydrogens (tertiary/aromatic N) is 2. The van der Waals surface area contributed by atoms with Crippen LogP contribution in [0.3, 0.4) is 0 Å². The molecule has 0 spiro atoms. The molecule has 9 heteroatoms. The van der Waals surface area contributed by atoms with Gasteiger partial charge in [-0.15, -0.1) is 0 Å². The van der Waals surface area contributed by atoms with Crippen LogP contribution in [0, 0.1) is 5.92 Å². The van der Waals surface area contributed by atoms with E-state index in [0.717, 1.165) is 4.90 Å². The van der Waals surface area contributed by atoms with Gasteiger partial charge in [0.15, 0.2) is 5.71 Å². The quantitative estimate of drug-likeness (QED) is 0.640. The van der Waals surface area contributed by atoms with E-state index < -0.39 is 29.7 Å². The van der Waals surface area contributed by atoms with Crippen LogP contribution in [-0.2, 0) is 19.1 Å². The molecule has 1 N–H and O–H groups in total. The lowest BCUT2D eigenvalue weighted by molar-refractivity contribution is -0.133. The number of carbonyl (C=O) groups excluding carboxylic acids is 3. The molecule has 22 heavy (non-hydrogen) atoms. The number of hydrogen-bond acceptors (Lipinski definition) is 6. The van der Waals surface area contributed by atoms with Crippen molar-refractivity contribution in [1.29, 1.82) is 0 Å². The smallest absolute Gasteiger partial charge is 0.355 e. The van der Waals surface area contributed by atoms with Gasteiger partial charge in [0, 0.05) is 5.02 Å². The van der Waals surface area contributed by atoms with Gasteiger partial charge < -0.3 is 4.74 Å². The Morgan fingerprint density at radius 1 is 1.32 bits per heavy atom. The monoisotopic (exact) mass is 341 g/mol. The average Bonchev–Trinajstić information content (AvgIpc) is 3.01. The first-order valence-electron chi connectivity index (χ1n) is 6.20. The van der Waals surface area contributed by atoms with Crippen LogP contribution in [0.1, 0.15) is 0 Å². The molecule has 1 aromatic rings. The lowest BCUT2D eigenvalue weighted by atomic mass is 9.99. The maximum Gasteiger partial charge on any atom is 0.355 e. The Morgan fingerprint density at radius 3 is 2.68 bits per heavy atom. The average molecular weight is 342 g/mol. The fourth-order valence-electron chi connectivity index (χ4n) is 2.46. The van der Waals surface area contributed by atoms with Gasteiger partial charge >= 0.3 is 5.97 Å². The lowest BCUT2D eigenvalue weighted by Gasteiger charge is -2.17. The number of anilines is 1. The Hall–Kier alpha value is -2.12. The zero-order valence-corrected chi connectivity index (χ0v) is 12.7. The Bertz CT molecular complexity index is 734. The molecule has 114 valence electrons. The van der Waals surface area contributed by atoms with E-state index in [0.29, 0.717) is 5.02 Å². The van der Waals surface area contributed by atoms with E-state index in [-0.39, 0.29) is 16.4 Å².